The minimum absolute atomic E-state index is 0.419. The van der Waals surface area contributed by atoms with Crippen molar-refractivity contribution in [2.45, 2.75) is 27.2 Å². The van der Waals surface area contributed by atoms with Gasteiger partial charge < -0.3 is 10.4 Å². The summed E-state index contributed by atoms with van der Waals surface area (Å²) >= 11 is 0. The van der Waals surface area contributed by atoms with Crippen molar-refractivity contribution >= 4 is 11.7 Å². The van der Waals surface area contributed by atoms with Crippen LogP contribution >= 0.6 is 0 Å². The van der Waals surface area contributed by atoms with Crippen LogP contribution < -0.4 is 5.32 Å². The second-order valence-electron chi connectivity index (χ2n) is 4.26. The summed E-state index contributed by atoms with van der Waals surface area (Å²) in [6, 6.07) is 3.74. The van der Waals surface area contributed by atoms with Crippen LogP contribution in [-0.2, 0) is 4.79 Å². The van der Waals surface area contributed by atoms with Gasteiger partial charge in [-0.1, -0.05) is 6.92 Å². The summed E-state index contributed by atoms with van der Waals surface area (Å²) < 4.78 is 0. The molecule has 0 aromatic carbocycles. The minimum atomic E-state index is -0.770. The first-order valence-corrected chi connectivity index (χ1v) is 5.38. The van der Waals surface area contributed by atoms with Crippen molar-refractivity contribution in [3.63, 3.8) is 0 Å². The number of hydrogen-bond acceptors (Lipinski definition) is 3. The number of rotatable bonds is 5. The number of hydrogen-bond donors (Lipinski definition) is 2. The number of nitrogens with one attached hydrogen (secondary N) is 1. The van der Waals surface area contributed by atoms with Crippen LogP contribution in [0.4, 0.5) is 5.69 Å². The highest BCUT2D eigenvalue weighted by molar-refractivity contribution is 5.75. The molecule has 16 heavy (non-hydrogen) atoms. The van der Waals surface area contributed by atoms with E-state index in [1.807, 2.05) is 26.0 Å². The molecular formula is C12H18N2O2. The van der Waals surface area contributed by atoms with Gasteiger partial charge in [0.15, 0.2) is 0 Å². The average molecular weight is 222 g/mol. The molecule has 1 rings (SSSR count). The average Bonchev–Trinajstić information content (AvgIpc) is 2.26. The standard InChI is InChI=1S/C12H18N2O2/c1-4-12(3,11(15)16)8-14-10-5-6-13-9(2)7-10/h5-7H,4,8H2,1-3H3,(H,13,14)(H,15,16). The van der Waals surface area contributed by atoms with Crippen molar-refractivity contribution in [2.75, 3.05) is 11.9 Å². The number of pyridine rings is 1. The Bertz CT molecular complexity index is 379. The first-order valence-electron chi connectivity index (χ1n) is 5.38. The van der Waals surface area contributed by atoms with Crippen LogP contribution in [0.1, 0.15) is 26.0 Å². The Morgan fingerprint density at radius 3 is 2.81 bits per heavy atom. The van der Waals surface area contributed by atoms with Gasteiger partial charge in [0.2, 0.25) is 0 Å². The molecule has 1 aromatic heterocycles. The maximum absolute atomic E-state index is 11.1. The number of aryl methyl sites for hydroxylation is 1. The molecule has 1 heterocycles. The normalized spacial score (nSPS) is 14.2. The fourth-order valence-electron chi connectivity index (χ4n) is 1.30. The third-order valence-electron chi connectivity index (χ3n) is 2.88. The van der Waals surface area contributed by atoms with Crippen LogP contribution in [0.15, 0.2) is 18.3 Å². The molecule has 0 amide bonds. The lowest BCUT2D eigenvalue weighted by Crippen LogP contribution is -2.34. The molecule has 1 atom stereocenters. The third-order valence-corrected chi connectivity index (χ3v) is 2.88. The predicted molar refractivity (Wildman–Crippen MR) is 63.5 cm³/mol. The molecule has 0 aliphatic rings. The van der Waals surface area contributed by atoms with Crippen molar-refractivity contribution in [2.24, 2.45) is 5.41 Å². The molecule has 1 unspecified atom stereocenters. The Morgan fingerprint density at radius 1 is 1.62 bits per heavy atom. The van der Waals surface area contributed by atoms with Crippen molar-refractivity contribution in [3.8, 4) is 0 Å². The van der Waals surface area contributed by atoms with Crippen molar-refractivity contribution in [3.05, 3.63) is 24.0 Å². The summed E-state index contributed by atoms with van der Waals surface area (Å²) in [6.07, 6.45) is 2.31. The van der Waals surface area contributed by atoms with Gasteiger partial charge in [0.1, 0.15) is 0 Å². The van der Waals surface area contributed by atoms with Crippen molar-refractivity contribution in [1.82, 2.24) is 4.98 Å². The topological polar surface area (TPSA) is 62.2 Å². The van der Waals surface area contributed by atoms with Crippen molar-refractivity contribution in [1.29, 1.82) is 0 Å². The maximum atomic E-state index is 11.1. The van der Waals surface area contributed by atoms with Gasteiger partial charge in [-0.25, -0.2) is 0 Å². The van der Waals surface area contributed by atoms with Gasteiger partial charge in [-0.15, -0.1) is 0 Å². The van der Waals surface area contributed by atoms with Crippen LogP contribution in [0.3, 0.4) is 0 Å². The summed E-state index contributed by atoms with van der Waals surface area (Å²) in [6.45, 7) is 5.95. The van der Waals surface area contributed by atoms with Crippen LogP contribution in [-0.4, -0.2) is 22.6 Å². The number of aromatic nitrogens is 1. The zero-order valence-corrected chi connectivity index (χ0v) is 9.95. The second-order valence-corrected chi connectivity index (χ2v) is 4.26. The van der Waals surface area contributed by atoms with Gasteiger partial charge in [0, 0.05) is 24.1 Å². The summed E-state index contributed by atoms with van der Waals surface area (Å²) in [4.78, 5) is 15.2. The summed E-state index contributed by atoms with van der Waals surface area (Å²) in [5.74, 6) is -0.770. The van der Waals surface area contributed by atoms with Crippen molar-refractivity contribution < 1.29 is 9.90 Å². The van der Waals surface area contributed by atoms with E-state index in [-0.39, 0.29) is 0 Å². The van der Waals surface area contributed by atoms with Gasteiger partial charge in [-0.3, -0.25) is 9.78 Å². The van der Waals surface area contributed by atoms with E-state index in [1.54, 1.807) is 13.1 Å². The Labute approximate surface area is 95.7 Å². The highest BCUT2D eigenvalue weighted by atomic mass is 16.4. The molecule has 0 aliphatic carbocycles. The Balaban J connectivity index is 2.66. The van der Waals surface area contributed by atoms with Crippen LogP contribution in [0.5, 0.6) is 0 Å². The van der Waals surface area contributed by atoms with E-state index >= 15 is 0 Å². The molecule has 4 nitrogen and oxygen atoms in total. The number of anilines is 1. The first kappa shape index (κ1) is 12.5. The molecule has 88 valence electrons. The van der Waals surface area contributed by atoms with E-state index in [2.05, 4.69) is 10.3 Å². The minimum Gasteiger partial charge on any atom is -0.481 e. The summed E-state index contributed by atoms with van der Waals surface area (Å²) in [7, 11) is 0. The number of carboxylic acids is 1. The van der Waals surface area contributed by atoms with E-state index in [4.69, 9.17) is 5.11 Å². The van der Waals surface area contributed by atoms with Gasteiger partial charge in [0.05, 0.1) is 5.41 Å². The number of nitrogens with zero attached hydrogens (tertiary/aromatic N) is 1. The zero-order valence-electron chi connectivity index (χ0n) is 9.95. The molecule has 0 fully saturated rings. The highest BCUT2D eigenvalue weighted by Gasteiger charge is 2.30. The molecule has 2 N–H and O–H groups in total. The number of carboxylic acid groups (broad SMARTS) is 1. The Morgan fingerprint density at radius 2 is 2.31 bits per heavy atom. The van der Waals surface area contributed by atoms with E-state index < -0.39 is 11.4 Å². The zero-order chi connectivity index (χ0) is 12.2. The fourth-order valence-corrected chi connectivity index (χ4v) is 1.30. The van der Waals surface area contributed by atoms with Gasteiger partial charge in [-0.05, 0) is 32.4 Å². The van der Waals surface area contributed by atoms with Crippen LogP contribution in [0, 0.1) is 12.3 Å². The van der Waals surface area contributed by atoms with E-state index in [0.29, 0.717) is 13.0 Å². The fraction of sp³-hybridized carbons (Fsp3) is 0.500. The molecule has 0 saturated heterocycles. The monoisotopic (exact) mass is 222 g/mol. The third kappa shape index (κ3) is 2.95. The quantitative estimate of drug-likeness (QED) is 0.802. The smallest absolute Gasteiger partial charge is 0.311 e. The Kier molecular flexibility index (Phi) is 3.88. The van der Waals surface area contributed by atoms with Gasteiger partial charge in [0.25, 0.3) is 0 Å². The summed E-state index contributed by atoms with van der Waals surface area (Å²) in [5.41, 5.74) is 1.10. The molecule has 0 radical (unpaired) electrons. The van der Waals surface area contributed by atoms with E-state index in [9.17, 15) is 4.79 Å². The van der Waals surface area contributed by atoms with Crippen LogP contribution in [0.2, 0.25) is 0 Å². The summed E-state index contributed by atoms with van der Waals surface area (Å²) in [5, 5.41) is 12.3. The SMILES string of the molecule is CCC(C)(CNc1ccnc(C)c1)C(=O)O. The van der Waals surface area contributed by atoms with E-state index in [0.717, 1.165) is 11.4 Å². The molecular weight excluding hydrogens is 204 g/mol. The second kappa shape index (κ2) is 4.96. The van der Waals surface area contributed by atoms with Gasteiger partial charge >= 0.3 is 5.97 Å². The lowest BCUT2D eigenvalue weighted by molar-refractivity contribution is -0.147. The Hall–Kier alpha value is -1.58. The molecule has 4 heteroatoms. The number of carbonyl (C=O) groups is 1. The molecule has 1 aromatic rings. The predicted octanol–water partition coefficient (Wildman–Crippen LogP) is 2.30. The molecule has 0 saturated carbocycles. The molecule has 0 aliphatic heterocycles. The largest absolute Gasteiger partial charge is 0.481 e. The first-order chi connectivity index (χ1) is 7.48. The lowest BCUT2D eigenvalue weighted by atomic mass is 9.87. The number of aliphatic carboxylic acids is 1. The molecule has 0 bridgehead atoms. The van der Waals surface area contributed by atoms with E-state index in [1.165, 1.54) is 0 Å². The van der Waals surface area contributed by atoms with Crippen LogP contribution in [0.25, 0.3) is 0 Å². The molecule has 0 spiro atoms. The van der Waals surface area contributed by atoms with Gasteiger partial charge in [-0.2, -0.15) is 0 Å². The maximum Gasteiger partial charge on any atom is 0.311 e. The highest BCUT2D eigenvalue weighted by Crippen LogP contribution is 2.22. The lowest BCUT2D eigenvalue weighted by Gasteiger charge is -2.23.